The zero-order valence-electron chi connectivity index (χ0n) is 15.8. The zero-order chi connectivity index (χ0) is 18.6. The van der Waals surface area contributed by atoms with Gasteiger partial charge in [0.05, 0.1) is 19.2 Å². The van der Waals surface area contributed by atoms with E-state index in [0.29, 0.717) is 18.3 Å². The molecule has 1 saturated heterocycles. The van der Waals surface area contributed by atoms with Gasteiger partial charge in [-0.3, -0.25) is 4.90 Å². The number of piperazine rings is 1. The summed E-state index contributed by atoms with van der Waals surface area (Å²) in [6.45, 7) is 6.74. The van der Waals surface area contributed by atoms with E-state index < -0.39 is 0 Å². The minimum absolute atomic E-state index is 0.501. The van der Waals surface area contributed by atoms with Crippen molar-refractivity contribution in [3.63, 3.8) is 0 Å². The Hall–Kier alpha value is -2.86. The molecule has 2 heterocycles. The Morgan fingerprint density at radius 1 is 1.00 bits per heavy atom. The normalized spacial score (nSPS) is 15.1. The van der Waals surface area contributed by atoms with Gasteiger partial charge in [-0.15, -0.1) is 10.2 Å². The third-order valence-electron chi connectivity index (χ3n) is 4.90. The summed E-state index contributed by atoms with van der Waals surface area (Å²) < 4.78 is 11.3. The topological polar surface area (TPSA) is 54.6 Å². The predicted octanol–water partition coefficient (Wildman–Crippen LogP) is 3.38. The first-order chi connectivity index (χ1) is 13.2. The molecule has 2 aromatic carbocycles. The van der Waals surface area contributed by atoms with Crippen LogP contribution in [0.5, 0.6) is 5.75 Å². The number of methoxy groups -OCH3 is 1. The lowest BCUT2D eigenvalue weighted by molar-refractivity contribution is 0.227. The first-order valence-electron chi connectivity index (χ1n) is 9.22. The maximum atomic E-state index is 5.88. The van der Waals surface area contributed by atoms with Crippen LogP contribution in [-0.2, 0) is 6.54 Å². The quantitative estimate of drug-likeness (QED) is 0.692. The third kappa shape index (κ3) is 3.95. The van der Waals surface area contributed by atoms with E-state index in [1.807, 2.05) is 24.3 Å². The Balaban J connectivity index is 1.38. The number of para-hydroxylation sites is 1. The number of anilines is 1. The number of hydrogen-bond donors (Lipinski definition) is 0. The summed E-state index contributed by atoms with van der Waals surface area (Å²) in [5, 5.41) is 8.42. The van der Waals surface area contributed by atoms with Gasteiger partial charge in [0, 0.05) is 31.9 Å². The summed E-state index contributed by atoms with van der Waals surface area (Å²) >= 11 is 0. The van der Waals surface area contributed by atoms with Gasteiger partial charge >= 0.3 is 0 Å². The number of rotatable bonds is 5. The summed E-state index contributed by atoms with van der Waals surface area (Å²) in [6.07, 6.45) is 0. The minimum Gasteiger partial charge on any atom is -0.496 e. The molecule has 1 aromatic heterocycles. The van der Waals surface area contributed by atoms with Crippen molar-refractivity contribution in [1.29, 1.82) is 0 Å². The Morgan fingerprint density at radius 2 is 1.81 bits per heavy atom. The van der Waals surface area contributed by atoms with Crippen LogP contribution in [0.25, 0.3) is 11.5 Å². The van der Waals surface area contributed by atoms with Gasteiger partial charge in [-0.25, -0.2) is 0 Å². The molecular weight excluding hydrogens is 340 g/mol. The van der Waals surface area contributed by atoms with Gasteiger partial charge < -0.3 is 14.1 Å². The molecule has 140 valence electrons. The highest BCUT2D eigenvalue weighted by molar-refractivity contribution is 5.62. The average Bonchev–Trinajstić information content (AvgIpc) is 3.17. The van der Waals surface area contributed by atoms with Crippen LogP contribution in [0.15, 0.2) is 52.9 Å². The fraction of sp³-hybridized carbons (Fsp3) is 0.333. The van der Waals surface area contributed by atoms with Crippen molar-refractivity contribution in [3.8, 4) is 17.2 Å². The van der Waals surface area contributed by atoms with E-state index >= 15 is 0 Å². The maximum absolute atomic E-state index is 5.88. The fourth-order valence-corrected chi connectivity index (χ4v) is 3.43. The molecule has 3 aromatic rings. The van der Waals surface area contributed by atoms with Crippen molar-refractivity contribution in [3.05, 3.63) is 60.0 Å². The van der Waals surface area contributed by atoms with E-state index in [9.17, 15) is 0 Å². The SMILES string of the molecule is COc1ccccc1-c1nnc(CN2CCN(c3cccc(C)c3)CC2)o1. The summed E-state index contributed by atoms with van der Waals surface area (Å²) in [5.41, 5.74) is 3.42. The molecule has 6 heteroatoms. The highest BCUT2D eigenvalue weighted by atomic mass is 16.5. The van der Waals surface area contributed by atoms with Crippen LogP contribution in [0, 0.1) is 6.92 Å². The van der Waals surface area contributed by atoms with Crippen LogP contribution in [0.3, 0.4) is 0 Å². The van der Waals surface area contributed by atoms with Crippen LogP contribution in [0.1, 0.15) is 11.5 Å². The van der Waals surface area contributed by atoms with Gasteiger partial charge in [0.15, 0.2) is 0 Å². The number of hydrogen-bond acceptors (Lipinski definition) is 6. The van der Waals surface area contributed by atoms with E-state index in [4.69, 9.17) is 9.15 Å². The second-order valence-electron chi connectivity index (χ2n) is 6.80. The molecule has 0 atom stereocenters. The lowest BCUT2D eigenvalue weighted by Gasteiger charge is -2.35. The first-order valence-corrected chi connectivity index (χ1v) is 9.22. The molecule has 1 aliphatic heterocycles. The van der Waals surface area contributed by atoms with Gasteiger partial charge in [-0.2, -0.15) is 0 Å². The van der Waals surface area contributed by atoms with Gasteiger partial charge in [-0.1, -0.05) is 24.3 Å². The van der Waals surface area contributed by atoms with Gasteiger partial charge in [-0.05, 0) is 36.8 Å². The van der Waals surface area contributed by atoms with Crippen LogP contribution < -0.4 is 9.64 Å². The highest BCUT2D eigenvalue weighted by Gasteiger charge is 2.20. The molecular formula is C21H24N4O2. The van der Waals surface area contributed by atoms with E-state index in [1.165, 1.54) is 11.3 Å². The molecule has 6 nitrogen and oxygen atoms in total. The van der Waals surface area contributed by atoms with Gasteiger partial charge in [0.25, 0.3) is 5.89 Å². The highest BCUT2D eigenvalue weighted by Crippen LogP contribution is 2.28. The Kier molecular flexibility index (Phi) is 5.07. The summed E-state index contributed by atoms with van der Waals surface area (Å²) in [4.78, 5) is 4.78. The molecule has 0 unspecified atom stereocenters. The van der Waals surface area contributed by atoms with E-state index in [-0.39, 0.29) is 0 Å². The van der Waals surface area contributed by atoms with Crippen LogP contribution in [-0.4, -0.2) is 48.4 Å². The van der Waals surface area contributed by atoms with Crippen LogP contribution in [0.4, 0.5) is 5.69 Å². The van der Waals surface area contributed by atoms with Crippen molar-refractivity contribution < 1.29 is 9.15 Å². The van der Waals surface area contributed by atoms with Crippen molar-refractivity contribution in [2.45, 2.75) is 13.5 Å². The van der Waals surface area contributed by atoms with Crippen molar-refractivity contribution in [2.24, 2.45) is 0 Å². The minimum atomic E-state index is 0.501. The standard InChI is InChI=1S/C21H24N4O2/c1-16-6-5-7-17(14-16)25-12-10-24(11-13-25)15-20-22-23-21(27-20)18-8-3-4-9-19(18)26-2/h3-9,14H,10-13,15H2,1-2H3. The van der Waals surface area contributed by atoms with Crippen molar-refractivity contribution in [1.82, 2.24) is 15.1 Å². The smallest absolute Gasteiger partial charge is 0.251 e. The van der Waals surface area contributed by atoms with E-state index in [0.717, 1.165) is 37.5 Å². The fourth-order valence-electron chi connectivity index (χ4n) is 3.43. The first kappa shape index (κ1) is 17.5. The molecule has 27 heavy (non-hydrogen) atoms. The Labute approximate surface area is 159 Å². The van der Waals surface area contributed by atoms with Crippen molar-refractivity contribution in [2.75, 3.05) is 38.2 Å². The number of aryl methyl sites for hydroxylation is 1. The molecule has 0 saturated carbocycles. The largest absolute Gasteiger partial charge is 0.496 e. The molecule has 4 rings (SSSR count). The Bertz CT molecular complexity index is 900. The molecule has 0 bridgehead atoms. The molecule has 1 fully saturated rings. The second kappa shape index (κ2) is 7.80. The lowest BCUT2D eigenvalue weighted by Crippen LogP contribution is -2.46. The molecule has 0 radical (unpaired) electrons. The summed E-state index contributed by atoms with van der Waals surface area (Å²) in [5.74, 6) is 1.88. The van der Waals surface area contributed by atoms with Gasteiger partial charge in [0.2, 0.25) is 5.89 Å². The molecule has 0 spiro atoms. The number of ether oxygens (including phenoxy) is 1. The summed E-state index contributed by atoms with van der Waals surface area (Å²) in [6, 6.07) is 16.4. The summed E-state index contributed by atoms with van der Waals surface area (Å²) in [7, 11) is 1.64. The predicted molar refractivity (Wildman–Crippen MR) is 105 cm³/mol. The van der Waals surface area contributed by atoms with E-state index in [2.05, 4.69) is 51.2 Å². The maximum Gasteiger partial charge on any atom is 0.251 e. The average molecular weight is 364 g/mol. The monoisotopic (exact) mass is 364 g/mol. The number of nitrogens with zero attached hydrogens (tertiary/aromatic N) is 4. The number of benzene rings is 2. The molecule has 0 N–H and O–H groups in total. The molecule has 1 aliphatic rings. The second-order valence-corrected chi connectivity index (χ2v) is 6.80. The third-order valence-corrected chi connectivity index (χ3v) is 4.90. The lowest BCUT2D eigenvalue weighted by atomic mass is 10.2. The van der Waals surface area contributed by atoms with Crippen LogP contribution in [0.2, 0.25) is 0 Å². The van der Waals surface area contributed by atoms with Crippen molar-refractivity contribution >= 4 is 5.69 Å². The zero-order valence-corrected chi connectivity index (χ0v) is 15.8. The number of aromatic nitrogens is 2. The Morgan fingerprint density at radius 3 is 2.59 bits per heavy atom. The molecule has 0 amide bonds. The molecule has 0 aliphatic carbocycles. The van der Waals surface area contributed by atoms with Crippen LogP contribution >= 0.6 is 0 Å². The van der Waals surface area contributed by atoms with E-state index in [1.54, 1.807) is 7.11 Å². The van der Waals surface area contributed by atoms with Gasteiger partial charge in [0.1, 0.15) is 5.75 Å².